The fourth-order valence-electron chi connectivity index (χ4n) is 2.62. The van der Waals surface area contributed by atoms with Crippen LogP contribution in [0.15, 0.2) is 36.5 Å². The Balaban J connectivity index is 1.93. The molecule has 7 nitrogen and oxygen atoms in total. The molecule has 0 aliphatic carbocycles. The van der Waals surface area contributed by atoms with Gasteiger partial charge in [-0.3, -0.25) is 9.10 Å². The molecule has 8 heteroatoms. The van der Waals surface area contributed by atoms with Crippen LogP contribution in [0.1, 0.15) is 16.1 Å². The van der Waals surface area contributed by atoms with Gasteiger partial charge in [-0.1, -0.05) is 6.07 Å². The lowest BCUT2D eigenvalue weighted by Crippen LogP contribution is -2.27. The first-order chi connectivity index (χ1) is 10.9. The standard InChI is InChI=1S/C15H15N3O4S/c1-23(21,22)18-9-7-10-11(4-2-5-12(10)18)17-15(20)14-13(19)6-3-8-16-14/h2-6,8,19H,7,9H2,1H3,(H,17,20). The topological polar surface area (TPSA) is 99.6 Å². The molecule has 120 valence electrons. The lowest BCUT2D eigenvalue weighted by Gasteiger charge is -2.17. The molecular formula is C15H15N3O4S. The molecule has 2 aromatic rings. The van der Waals surface area contributed by atoms with Crippen LogP contribution in [0.5, 0.6) is 5.75 Å². The number of hydrogen-bond donors (Lipinski definition) is 2. The predicted octanol–water partition coefficient (Wildman–Crippen LogP) is 1.36. The van der Waals surface area contributed by atoms with E-state index in [1.165, 1.54) is 22.6 Å². The van der Waals surface area contributed by atoms with Crippen LogP contribution in [-0.4, -0.2) is 37.2 Å². The number of aromatic nitrogens is 1. The molecule has 1 aliphatic rings. The highest BCUT2D eigenvalue weighted by Gasteiger charge is 2.28. The second-order valence-corrected chi connectivity index (χ2v) is 7.12. The van der Waals surface area contributed by atoms with Gasteiger partial charge in [-0.25, -0.2) is 13.4 Å². The van der Waals surface area contributed by atoms with Crippen molar-refractivity contribution in [1.29, 1.82) is 0 Å². The van der Waals surface area contributed by atoms with Gasteiger partial charge in [0.1, 0.15) is 5.75 Å². The molecule has 0 spiro atoms. The Morgan fingerprint density at radius 2 is 2.09 bits per heavy atom. The molecule has 2 N–H and O–H groups in total. The summed E-state index contributed by atoms with van der Waals surface area (Å²) in [6.07, 6.45) is 3.07. The zero-order valence-electron chi connectivity index (χ0n) is 12.4. The molecule has 0 fully saturated rings. The zero-order valence-corrected chi connectivity index (χ0v) is 13.2. The molecule has 0 unspecified atom stereocenters. The SMILES string of the molecule is CS(=O)(=O)N1CCc2c(NC(=O)c3ncccc3O)cccc21. The number of benzene rings is 1. The number of nitrogens with zero attached hydrogens (tertiary/aromatic N) is 2. The van der Waals surface area contributed by atoms with Gasteiger partial charge in [0.2, 0.25) is 10.0 Å². The maximum Gasteiger partial charge on any atom is 0.278 e. The third kappa shape index (κ3) is 2.85. The minimum absolute atomic E-state index is 0.0805. The zero-order chi connectivity index (χ0) is 16.6. The molecule has 0 saturated carbocycles. The Labute approximate surface area is 133 Å². The molecule has 23 heavy (non-hydrogen) atoms. The van der Waals surface area contributed by atoms with Crippen LogP contribution in [0.3, 0.4) is 0 Å². The molecule has 2 heterocycles. The fraction of sp³-hybridized carbons (Fsp3) is 0.200. The van der Waals surface area contributed by atoms with Crippen molar-refractivity contribution in [1.82, 2.24) is 4.98 Å². The molecule has 0 atom stereocenters. The van der Waals surface area contributed by atoms with Crippen molar-refractivity contribution in [3.63, 3.8) is 0 Å². The van der Waals surface area contributed by atoms with Gasteiger partial charge < -0.3 is 10.4 Å². The van der Waals surface area contributed by atoms with Crippen LogP contribution in [0.2, 0.25) is 0 Å². The summed E-state index contributed by atoms with van der Waals surface area (Å²) in [4.78, 5) is 16.1. The number of carbonyl (C=O) groups excluding carboxylic acids is 1. The summed E-state index contributed by atoms with van der Waals surface area (Å²) in [5.74, 6) is -0.760. The second-order valence-electron chi connectivity index (χ2n) is 5.21. The van der Waals surface area contributed by atoms with Crippen molar-refractivity contribution < 1.29 is 18.3 Å². The molecule has 1 aliphatic heterocycles. The third-order valence-corrected chi connectivity index (χ3v) is 4.81. The van der Waals surface area contributed by atoms with E-state index in [2.05, 4.69) is 10.3 Å². The molecule has 1 aromatic carbocycles. The lowest BCUT2D eigenvalue weighted by atomic mass is 10.1. The minimum atomic E-state index is -3.35. The predicted molar refractivity (Wildman–Crippen MR) is 86.2 cm³/mol. The Hall–Kier alpha value is -2.61. The van der Waals surface area contributed by atoms with Crippen LogP contribution in [0.25, 0.3) is 0 Å². The Morgan fingerprint density at radius 3 is 2.78 bits per heavy atom. The summed E-state index contributed by atoms with van der Waals surface area (Å²) in [5.41, 5.74) is 1.75. The summed E-state index contributed by atoms with van der Waals surface area (Å²) in [6, 6.07) is 7.98. The number of nitrogens with one attached hydrogen (secondary N) is 1. The van der Waals surface area contributed by atoms with Crippen LogP contribution >= 0.6 is 0 Å². The first kappa shape index (κ1) is 15.3. The summed E-state index contributed by atoms with van der Waals surface area (Å²) < 4.78 is 24.9. The van der Waals surface area contributed by atoms with Crippen LogP contribution in [0.4, 0.5) is 11.4 Å². The van der Waals surface area contributed by atoms with Gasteiger partial charge in [0.05, 0.1) is 11.9 Å². The largest absolute Gasteiger partial charge is 0.505 e. The summed E-state index contributed by atoms with van der Waals surface area (Å²) in [7, 11) is -3.35. The van der Waals surface area contributed by atoms with E-state index in [9.17, 15) is 18.3 Å². The average molecular weight is 333 g/mol. The number of fused-ring (bicyclic) bond motifs is 1. The van der Waals surface area contributed by atoms with E-state index >= 15 is 0 Å². The number of hydrogen-bond acceptors (Lipinski definition) is 5. The van der Waals surface area contributed by atoms with Crippen molar-refractivity contribution in [3.05, 3.63) is 47.8 Å². The number of anilines is 2. The van der Waals surface area contributed by atoms with E-state index in [0.717, 1.165) is 11.8 Å². The Morgan fingerprint density at radius 1 is 1.30 bits per heavy atom. The van der Waals surface area contributed by atoms with E-state index in [1.54, 1.807) is 18.2 Å². The second kappa shape index (κ2) is 5.54. The smallest absolute Gasteiger partial charge is 0.278 e. The van der Waals surface area contributed by atoms with E-state index < -0.39 is 15.9 Å². The Kier molecular flexibility index (Phi) is 3.69. The number of pyridine rings is 1. The van der Waals surface area contributed by atoms with Crippen LogP contribution < -0.4 is 9.62 Å². The quantitative estimate of drug-likeness (QED) is 0.883. The van der Waals surface area contributed by atoms with Gasteiger partial charge in [0, 0.05) is 24.0 Å². The normalized spacial score (nSPS) is 13.7. The number of rotatable bonds is 3. The maximum atomic E-state index is 12.2. The van der Waals surface area contributed by atoms with E-state index in [4.69, 9.17) is 0 Å². The average Bonchev–Trinajstić information content (AvgIpc) is 2.92. The molecule has 0 radical (unpaired) electrons. The number of amides is 1. The highest BCUT2D eigenvalue weighted by Crippen LogP contribution is 2.35. The van der Waals surface area contributed by atoms with Gasteiger partial charge in [0.15, 0.2) is 5.69 Å². The van der Waals surface area contributed by atoms with Crippen LogP contribution in [0, 0.1) is 0 Å². The highest BCUT2D eigenvalue weighted by atomic mass is 32.2. The Bertz CT molecular complexity index is 880. The third-order valence-electron chi connectivity index (χ3n) is 3.63. The summed E-state index contributed by atoms with van der Waals surface area (Å²) in [5, 5.41) is 12.4. The number of carbonyl (C=O) groups is 1. The van der Waals surface area contributed by atoms with Crippen molar-refractivity contribution in [3.8, 4) is 5.75 Å². The van der Waals surface area contributed by atoms with Crippen molar-refractivity contribution in [2.75, 3.05) is 22.4 Å². The van der Waals surface area contributed by atoms with Gasteiger partial charge >= 0.3 is 0 Å². The van der Waals surface area contributed by atoms with Crippen molar-refractivity contribution in [2.45, 2.75) is 6.42 Å². The summed E-state index contributed by atoms with van der Waals surface area (Å²) in [6.45, 7) is 0.343. The van der Waals surface area contributed by atoms with Gasteiger partial charge in [0.25, 0.3) is 5.91 Å². The van der Waals surface area contributed by atoms with E-state index in [1.807, 2.05) is 0 Å². The van der Waals surface area contributed by atoms with Gasteiger partial charge in [-0.15, -0.1) is 0 Å². The maximum absolute atomic E-state index is 12.2. The number of aromatic hydroxyl groups is 1. The molecule has 0 bridgehead atoms. The van der Waals surface area contributed by atoms with Gasteiger partial charge in [-0.05, 0) is 30.7 Å². The van der Waals surface area contributed by atoms with Crippen molar-refractivity contribution in [2.24, 2.45) is 0 Å². The molecule has 0 saturated heterocycles. The summed E-state index contributed by atoms with van der Waals surface area (Å²) >= 11 is 0. The molecular weight excluding hydrogens is 318 g/mol. The van der Waals surface area contributed by atoms with Crippen LogP contribution in [-0.2, 0) is 16.4 Å². The van der Waals surface area contributed by atoms with E-state index in [0.29, 0.717) is 24.3 Å². The first-order valence-corrected chi connectivity index (χ1v) is 8.77. The fourth-order valence-corrected chi connectivity index (χ4v) is 3.57. The van der Waals surface area contributed by atoms with Crippen molar-refractivity contribution >= 4 is 27.3 Å². The minimum Gasteiger partial charge on any atom is -0.505 e. The van der Waals surface area contributed by atoms with E-state index in [-0.39, 0.29) is 11.4 Å². The highest BCUT2D eigenvalue weighted by molar-refractivity contribution is 7.92. The monoisotopic (exact) mass is 333 g/mol. The molecule has 1 aromatic heterocycles. The molecule has 3 rings (SSSR count). The number of sulfonamides is 1. The lowest BCUT2D eigenvalue weighted by molar-refractivity contribution is 0.101. The first-order valence-electron chi connectivity index (χ1n) is 6.93. The van der Waals surface area contributed by atoms with Gasteiger partial charge in [-0.2, -0.15) is 0 Å². The molecule has 1 amide bonds.